The number of guanidine groups is 1. The molecule has 2 aromatic rings. The number of rotatable bonds is 7. The number of hydrogen-bond donors (Lipinski definition) is 3. The average Bonchev–Trinajstić information content (AvgIpc) is 3.02. The molecule has 0 radical (unpaired) electrons. The Kier molecular flexibility index (Phi) is 10.0. The molecule has 136 valence electrons. The number of carbonyl (C=O) groups excluding carboxylic acids is 1. The van der Waals surface area contributed by atoms with E-state index in [2.05, 4.69) is 30.9 Å². The minimum atomic E-state index is -0.134. The van der Waals surface area contributed by atoms with Crippen LogP contribution in [0.3, 0.4) is 0 Å². The van der Waals surface area contributed by atoms with Crippen molar-refractivity contribution in [3.05, 3.63) is 46.2 Å². The van der Waals surface area contributed by atoms with Crippen molar-refractivity contribution in [1.82, 2.24) is 25.9 Å². The lowest BCUT2D eigenvalue weighted by molar-refractivity contribution is 0.0954. The topological polar surface area (TPSA) is 91.3 Å². The quantitative estimate of drug-likeness (QED) is 0.247. The van der Waals surface area contributed by atoms with Gasteiger partial charge >= 0.3 is 0 Å². The molecule has 2 heterocycles. The van der Waals surface area contributed by atoms with Gasteiger partial charge in [-0.25, -0.2) is 9.98 Å². The zero-order chi connectivity index (χ0) is 17.2. The summed E-state index contributed by atoms with van der Waals surface area (Å²) in [6.45, 7) is 6.41. The van der Waals surface area contributed by atoms with Gasteiger partial charge in [-0.1, -0.05) is 0 Å². The average molecular weight is 474 g/mol. The number of carbonyl (C=O) groups is 1. The zero-order valence-corrected chi connectivity index (χ0v) is 17.4. The Labute approximate surface area is 168 Å². The summed E-state index contributed by atoms with van der Waals surface area (Å²) in [4.78, 5) is 25.8. The Morgan fingerprint density at radius 1 is 1.24 bits per heavy atom. The summed E-state index contributed by atoms with van der Waals surface area (Å²) in [6, 6.07) is 3.47. The molecule has 2 aromatic heterocycles. The largest absolute Gasteiger partial charge is 0.357 e. The van der Waals surface area contributed by atoms with Crippen LogP contribution in [-0.2, 0) is 6.54 Å². The third-order valence-electron chi connectivity index (χ3n) is 3.01. The summed E-state index contributed by atoms with van der Waals surface area (Å²) < 4.78 is 0. The molecule has 0 aliphatic rings. The van der Waals surface area contributed by atoms with Gasteiger partial charge in [0.1, 0.15) is 5.01 Å². The molecule has 0 aliphatic carbocycles. The second kappa shape index (κ2) is 11.7. The second-order valence-electron chi connectivity index (χ2n) is 4.98. The number of amides is 1. The summed E-state index contributed by atoms with van der Waals surface area (Å²) in [6.07, 6.45) is 5.04. The number of aliphatic imine (C=N–C) groups is 1. The van der Waals surface area contributed by atoms with Gasteiger partial charge in [-0.2, -0.15) is 0 Å². The fraction of sp³-hybridized carbons (Fsp3) is 0.375. The van der Waals surface area contributed by atoms with E-state index in [0.29, 0.717) is 31.2 Å². The van der Waals surface area contributed by atoms with E-state index in [1.54, 1.807) is 35.9 Å². The van der Waals surface area contributed by atoms with Gasteiger partial charge in [0.25, 0.3) is 5.91 Å². The minimum Gasteiger partial charge on any atom is -0.357 e. The van der Waals surface area contributed by atoms with Gasteiger partial charge in [-0.3, -0.25) is 9.78 Å². The van der Waals surface area contributed by atoms with E-state index in [1.165, 1.54) is 4.88 Å². The van der Waals surface area contributed by atoms with Gasteiger partial charge in [0, 0.05) is 43.1 Å². The molecule has 3 N–H and O–H groups in total. The molecule has 0 spiro atoms. The first-order chi connectivity index (χ1) is 11.7. The number of aryl methyl sites for hydroxylation is 1. The maximum Gasteiger partial charge on any atom is 0.252 e. The van der Waals surface area contributed by atoms with Crippen molar-refractivity contribution in [3.8, 4) is 0 Å². The molecule has 0 aliphatic heterocycles. The fourth-order valence-electron chi connectivity index (χ4n) is 1.92. The second-order valence-corrected chi connectivity index (χ2v) is 6.30. The zero-order valence-electron chi connectivity index (χ0n) is 14.3. The number of nitrogens with one attached hydrogen (secondary N) is 3. The summed E-state index contributed by atoms with van der Waals surface area (Å²) in [5.74, 6) is 0.575. The first-order valence-corrected chi connectivity index (χ1v) is 8.62. The number of nitrogens with zero attached hydrogens (tertiary/aromatic N) is 3. The van der Waals surface area contributed by atoms with E-state index in [-0.39, 0.29) is 29.9 Å². The van der Waals surface area contributed by atoms with Crippen LogP contribution in [0.1, 0.15) is 27.2 Å². The summed E-state index contributed by atoms with van der Waals surface area (Å²) >= 11 is 1.64. The Hall–Kier alpha value is -1.75. The van der Waals surface area contributed by atoms with E-state index >= 15 is 0 Å². The molecular formula is C16H23IN6OS. The van der Waals surface area contributed by atoms with E-state index in [9.17, 15) is 4.79 Å². The number of pyridine rings is 1. The highest BCUT2D eigenvalue weighted by molar-refractivity contribution is 14.0. The van der Waals surface area contributed by atoms with Crippen LogP contribution >= 0.6 is 35.3 Å². The van der Waals surface area contributed by atoms with Crippen molar-refractivity contribution >= 4 is 47.2 Å². The Bertz CT molecular complexity index is 676. The third kappa shape index (κ3) is 7.78. The molecule has 7 nitrogen and oxygen atoms in total. The van der Waals surface area contributed by atoms with Crippen molar-refractivity contribution in [2.75, 3.05) is 19.6 Å². The molecule has 0 aromatic carbocycles. The van der Waals surface area contributed by atoms with E-state index in [1.807, 2.05) is 20.0 Å². The lowest BCUT2D eigenvalue weighted by Crippen LogP contribution is -2.41. The first kappa shape index (κ1) is 21.3. The van der Waals surface area contributed by atoms with E-state index in [4.69, 9.17) is 0 Å². The van der Waals surface area contributed by atoms with Crippen LogP contribution in [-0.4, -0.2) is 41.5 Å². The van der Waals surface area contributed by atoms with Crippen LogP contribution in [0.25, 0.3) is 0 Å². The van der Waals surface area contributed by atoms with Crippen molar-refractivity contribution in [3.63, 3.8) is 0 Å². The number of halogens is 1. The molecule has 9 heteroatoms. The SMILES string of the molecule is CCNC(=NCc1ncc(C)s1)NCCNC(=O)c1cccnc1.I. The molecule has 0 saturated heterocycles. The van der Waals surface area contributed by atoms with Gasteiger partial charge in [-0.05, 0) is 26.0 Å². The minimum absolute atomic E-state index is 0. The van der Waals surface area contributed by atoms with Gasteiger partial charge in [-0.15, -0.1) is 35.3 Å². The summed E-state index contributed by atoms with van der Waals surface area (Å²) in [5, 5.41) is 10.2. The molecule has 0 bridgehead atoms. The normalized spacial score (nSPS) is 10.7. The highest BCUT2D eigenvalue weighted by Gasteiger charge is 2.04. The highest BCUT2D eigenvalue weighted by atomic mass is 127. The molecule has 2 rings (SSSR count). The molecule has 0 unspecified atom stereocenters. The van der Waals surface area contributed by atoms with Crippen LogP contribution < -0.4 is 16.0 Å². The number of aromatic nitrogens is 2. The lowest BCUT2D eigenvalue weighted by atomic mass is 10.3. The number of hydrogen-bond acceptors (Lipinski definition) is 5. The van der Waals surface area contributed by atoms with Crippen LogP contribution in [0.15, 0.2) is 35.7 Å². The van der Waals surface area contributed by atoms with Gasteiger partial charge < -0.3 is 16.0 Å². The van der Waals surface area contributed by atoms with Crippen LogP contribution in [0.2, 0.25) is 0 Å². The Morgan fingerprint density at radius 2 is 2.04 bits per heavy atom. The van der Waals surface area contributed by atoms with Gasteiger partial charge in [0.15, 0.2) is 5.96 Å². The Morgan fingerprint density at radius 3 is 2.68 bits per heavy atom. The van der Waals surface area contributed by atoms with Crippen molar-refractivity contribution in [2.45, 2.75) is 20.4 Å². The Balaban J connectivity index is 0.00000312. The monoisotopic (exact) mass is 474 g/mol. The number of thiazole rings is 1. The smallest absolute Gasteiger partial charge is 0.252 e. The maximum absolute atomic E-state index is 11.9. The van der Waals surface area contributed by atoms with Crippen molar-refractivity contribution < 1.29 is 4.79 Å². The maximum atomic E-state index is 11.9. The predicted octanol–water partition coefficient (Wildman–Crippen LogP) is 1.95. The summed E-state index contributed by atoms with van der Waals surface area (Å²) in [5.41, 5.74) is 0.553. The standard InChI is InChI=1S/C16H22N6OS.HI/c1-3-18-16(22-11-14-21-9-12(2)24-14)20-8-7-19-15(23)13-5-4-6-17-10-13;/h4-6,9-10H,3,7-8,11H2,1-2H3,(H,19,23)(H2,18,20,22);1H. The van der Waals surface area contributed by atoms with E-state index < -0.39 is 0 Å². The highest BCUT2D eigenvalue weighted by Crippen LogP contribution is 2.11. The fourth-order valence-corrected chi connectivity index (χ4v) is 2.63. The van der Waals surface area contributed by atoms with Crippen LogP contribution in [0, 0.1) is 6.92 Å². The molecule has 1 amide bonds. The third-order valence-corrected chi connectivity index (χ3v) is 3.91. The molecule has 0 saturated carbocycles. The van der Waals surface area contributed by atoms with Crippen LogP contribution in [0.4, 0.5) is 0 Å². The predicted molar refractivity (Wildman–Crippen MR) is 112 cm³/mol. The molecule has 25 heavy (non-hydrogen) atoms. The first-order valence-electron chi connectivity index (χ1n) is 7.80. The van der Waals surface area contributed by atoms with Crippen LogP contribution in [0.5, 0.6) is 0 Å². The summed E-state index contributed by atoms with van der Waals surface area (Å²) in [7, 11) is 0. The van der Waals surface area contributed by atoms with Gasteiger partial charge in [0.05, 0.1) is 12.1 Å². The van der Waals surface area contributed by atoms with E-state index in [0.717, 1.165) is 11.6 Å². The van der Waals surface area contributed by atoms with Gasteiger partial charge in [0.2, 0.25) is 0 Å². The molecule has 0 fully saturated rings. The van der Waals surface area contributed by atoms with Crippen molar-refractivity contribution in [1.29, 1.82) is 0 Å². The lowest BCUT2D eigenvalue weighted by Gasteiger charge is -2.11. The molecular weight excluding hydrogens is 451 g/mol. The molecule has 0 atom stereocenters. The van der Waals surface area contributed by atoms with Crippen molar-refractivity contribution in [2.24, 2.45) is 4.99 Å².